The Balaban J connectivity index is 1.79. The van der Waals surface area contributed by atoms with Gasteiger partial charge in [-0.1, -0.05) is 6.92 Å². The summed E-state index contributed by atoms with van der Waals surface area (Å²) in [5, 5.41) is 3.32. The first-order valence-corrected chi connectivity index (χ1v) is 7.27. The molecule has 0 aliphatic carbocycles. The molecular weight excluding hydrogens is 242 g/mol. The van der Waals surface area contributed by atoms with E-state index in [9.17, 15) is 0 Å². The van der Waals surface area contributed by atoms with Crippen molar-refractivity contribution in [3.63, 3.8) is 0 Å². The summed E-state index contributed by atoms with van der Waals surface area (Å²) in [6, 6.07) is 0.683. The van der Waals surface area contributed by atoms with Crippen molar-refractivity contribution in [3.8, 4) is 0 Å². The zero-order chi connectivity index (χ0) is 13.5. The number of nitrogens with one attached hydrogen (secondary N) is 1. The van der Waals surface area contributed by atoms with E-state index >= 15 is 0 Å². The Morgan fingerprint density at radius 1 is 1.47 bits per heavy atom. The number of aromatic nitrogens is 1. The molecule has 108 valence electrons. The maximum Gasteiger partial charge on any atom is 0.297 e. The highest BCUT2D eigenvalue weighted by Gasteiger charge is 2.18. The van der Waals surface area contributed by atoms with Crippen molar-refractivity contribution < 1.29 is 9.15 Å². The van der Waals surface area contributed by atoms with E-state index in [1.807, 2.05) is 11.9 Å². The molecule has 1 saturated heterocycles. The lowest BCUT2D eigenvalue weighted by Gasteiger charge is -2.26. The van der Waals surface area contributed by atoms with Crippen LogP contribution in [0.15, 0.2) is 10.7 Å². The first-order valence-electron chi connectivity index (χ1n) is 7.27. The van der Waals surface area contributed by atoms with Crippen molar-refractivity contribution in [3.05, 3.63) is 12.0 Å². The maximum atomic E-state index is 5.73. The van der Waals surface area contributed by atoms with E-state index in [0.29, 0.717) is 12.1 Å². The number of anilines is 1. The third-order valence-corrected chi connectivity index (χ3v) is 3.35. The normalized spacial score (nSPS) is 19.6. The van der Waals surface area contributed by atoms with Crippen molar-refractivity contribution in [1.29, 1.82) is 0 Å². The van der Waals surface area contributed by atoms with Crippen LogP contribution in [0.2, 0.25) is 0 Å². The van der Waals surface area contributed by atoms with Gasteiger partial charge in [0, 0.05) is 26.7 Å². The van der Waals surface area contributed by atoms with Crippen LogP contribution in [0.3, 0.4) is 0 Å². The quantitative estimate of drug-likeness (QED) is 0.767. The van der Waals surface area contributed by atoms with Gasteiger partial charge in [0.25, 0.3) is 6.01 Å². The summed E-state index contributed by atoms with van der Waals surface area (Å²) in [5.74, 6) is 0. The molecule has 0 saturated carbocycles. The number of ether oxygens (including phenoxy) is 1. The molecule has 1 aromatic heterocycles. The highest BCUT2D eigenvalue weighted by atomic mass is 16.5. The van der Waals surface area contributed by atoms with Crippen LogP contribution >= 0.6 is 0 Å². The molecule has 0 amide bonds. The van der Waals surface area contributed by atoms with Gasteiger partial charge >= 0.3 is 0 Å². The Morgan fingerprint density at radius 2 is 2.37 bits per heavy atom. The summed E-state index contributed by atoms with van der Waals surface area (Å²) in [6.45, 7) is 5.66. The van der Waals surface area contributed by atoms with Crippen LogP contribution in [0.1, 0.15) is 38.3 Å². The van der Waals surface area contributed by atoms with E-state index in [4.69, 9.17) is 9.15 Å². The first-order chi connectivity index (χ1) is 9.29. The predicted octanol–water partition coefficient (Wildman–Crippen LogP) is 2.18. The lowest BCUT2D eigenvalue weighted by atomic mass is 10.1. The summed E-state index contributed by atoms with van der Waals surface area (Å²) in [4.78, 5) is 6.53. The molecule has 0 radical (unpaired) electrons. The van der Waals surface area contributed by atoms with Crippen molar-refractivity contribution >= 4 is 6.01 Å². The van der Waals surface area contributed by atoms with Gasteiger partial charge in [-0.3, -0.25) is 0 Å². The molecule has 0 aromatic carbocycles. The molecule has 1 aliphatic rings. The van der Waals surface area contributed by atoms with E-state index in [0.717, 1.165) is 44.8 Å². The monoisotopic (exact) mass is 267 g/mol. The molecule has 5 heteroatoms. The van der Waals surface area contributed by atoms with Crippen LogP contribution < -0.4 is 10.2 Å². The molecule has 19 heavy (non-hydrogen) atoms. The van der Waals surface area contributed by atoms with Crippen LogP contribution in [-0.4, -0.2) is 37.8 Å². The highest BCUT2D eigenvalue weighted by molar-refractivity contribution is 5.25. The second kappa shape index (κ2) is 7.50. The van der Waals surface area contributed by atoms with Gasteiger partial charge in [0.05, 0.1) is 11.8 Å². The molecule has 2 rings (SSSR count). The minimum absolute atomic E-state index is 0.312. The molecule has 1 N–H and O–H groups in total. The number of hydrogen-bond acceptors (Lipinski definition) is 5. The third-order valence-electron chi connectivity index (χ3n) is 3.35. The number of oxazole rings is 1. The summed E-state index contributed by atoms with van der Waals surface area (Å²) in [7, 11) is 2.01. The van der Waals surface area contributed by atoms with Crippen LogP contribution in [0.25, 0.3) is 0 Å². The van der Waals surface area contributed by atoms with Gasteiger partial charge in [-0.25, -0.2) is 0 Å². The molecule has 1 unspecified atom stereocenters. The first kappa shape index (κ1) is 14.3. The summed E-state index contributed by atoms with van der Waals surface area (Å²) < 4.78 is 11.3. The molecule has 1 fully saturated rings. The lowest BCUT2D eigenvalue weighted by molar-refractivity contribution is 0.0211. The fraction of sp³-hybridized carbons (Fsp3) is 0.786. The van der Waals surface area contributed by atoms with E-state index in [-0.39, 0.29) is 0 Å². The summed E-state index contributed by atoms with van der Waals surface area (Å²) in [5.41, 5.74) is 0.958. The summed E-state index contributed by atoms with van der Waals surface area (Å²) in [6.07, 6.45) is 6.76. The smallest absolute Gasteiger partial charge is 0.297 e. The molecule has 0 spiro atoms. The molecule has 1 aromatic rings. The third kappa shape index (κ3) is 4.51. The predicted molar refractivity (Wildman–Crippen MR) is 75.4 cm³/mol. The van der Waals surface area contributed by atoms with Gasteiger partial charge < -0.3 is 19.4 Å². The van der Waals surface area contributed by atoms with Gasteiger partial charge in [-0.05, 0) is 32.2 Å². The van der Waals surface area contributed by atoms with E-state index in [1.165, 1.54) is 12.8 Å². The molecule has 1 atom stereocenters. The fourth-order valence-corrected chi connectivity index (χ4v) is 2.28. The fourth-order valence-electron chi connectivity index (χ4n) is 2.28. The topological polar surface area (TPSA) is 50.5 Å². The average Bonchev–Trinajstić information content (AvgIpc) is 2.89. The summed E-state index contributed by atoms with van der Waals surface area (Å²) >= 11 is 0. The molecule has 2 heterocycles. The standard InChI is InChI=1S/C14H25N3O2/c1-3-7-15-9-12-11-19-14(16-12)17(2)10-13-6-4-5-8-18-13/h11,13,15H,3-10H2,1-2H3. The van der Waals surface area contributed by atoms with E-state index < -0.39 is 0 Å². The minimum Gasteiger partial charge on any atom is -0.432 e. The van der Waals surface area contributed by atoms with Crippen molar-refractivity contribution in [2.24, 2.45) is 0 Å². The largest absolute Gasteiger partial charge is 0.432 e. The number of rotatable bonds is 7. The van der Waals surface area contributed by atoms with Gasteiger partial charge in [-0.15, -0.1) is 0 Å². The van der Waals surface area contributed by atoms with E-state index in [1.54, 1.807) is 6.26 Å². The number of hydrogen-bond donors (Lipinski definition) is 1. The Bertz CT molecular complexity index is 361. The average molecular weight is 267 g/mol. The highest BCUT2D eigenvalue weighted by Crippen LogP contribution is 2.17. The van der Waals surface area contributed by atoms with Crippen molar-refractivity contribution in [2.45, 2.75) is 45.3 Å². The SMILES string of the molecule is CCCNCc1coc(N(C)CC2CCCCO2)n1. The van der Waals surface area contributed by atoms with Gasteiger partial charge in [-0.2, -0.15) is 4.98 Å². The Labute approximate surface area is 115 Å². The molecule has 5 nitrogen and oxygen atoms in total. The van der Waals surface area contributed by atoms with Gasteiger partial charge in [0.1, 0.15) is 6.26 Å². The lowest BCUT2D eigenvalue weighted by Crippen LogP contribution is -2.33. The van der Waals surface area contributed by atoms with Gasteiger partial charge in [0.15, 0.2) is 0 Å². The molecule has 1 aliphatic heterocycles. The second-order valence-electron chi connectivity index (χ2n) is 5.17. The minimum atomic E-state index is 0.312. The zero-order valence-electron chi connectivity index (χ0n) is 12.0. The van der Waals surface area contributed by atoms with Crippen molar-refractivity contribution in [2.75, 3.05) is 31.6 Å². The Kier molecular flexibility index (Phi) is 5.66. The van der Waals surface area contributed by atoms with Gasteiger partial charge in [0.2, 0.25) is 0 Å². The molecule has 0 bridgehead atoms. The van der Waals surface area contributed by atoms with Crippen LogP contribution in [0.5, 0.6) is 0 Å². The van der Waals surface area contributed by atoms with E-state index in [2.05, 4.69) is 17.2 Å². The second-order valence-corrected chi connectivity index (χ2v) is 5.17. The van der Waals surface area contributed by atoms with Crippen LogP contribution in [0, 0.1) is 0 Å². The zero-order valence-corrected chi connectivity index (χ0v) is 12.0. The molecular formula is C14H25N3O2. The van der Waals surface area contributed by atoms with Crippen molar-refractivity contribution in [1.82, 2.24) is 10.3 Å². The van der Waals surface area contributed by atoms with Crippen LogP contribution in [0.4, 0.5) is 6.01 Å². The maximum absolute atomic E-state index is 5.73. The van der Waals surface area contributed by atoms with Crippen LogP contribution in [-0.2, 0) is 11.3 Å². The number of nitrogens with zero attached hydrogens (tertiary/aromatic N) is 2. The number of likely N-dealkylation sites (N-methyl/N-ethyl adjacent to an activating group) is 1. The Hall–Kier alpha value is -1.07. The Morgan fingerprint density at radius 3 is 3.11 bits per heavy atom.